The first kappa shape index (κ1) is 11.5. The highest BCUT2D eigenvalue weighted by Crippen LogP contribution is 2.41. The van der Waals surface area contributed by atoms with E-state index in [0.717, 1.165) is 24.2 Å². The molecule has 5 heteroatoms. The second-order valence-corrected chi connectivity index (χ2v) is 4.85. The smallest absolute Gasteiger partial charge is 0.357 e. The Kier molecular flexibility index (Phi) is 2.74. The quantitative estimate of drug-likeness (QED) is 0.801. The van der Waals surface area contributed by atoms with Crippen LogP contribution in [-0.2, 0) is 4.74 Å². The second-order valence-electron chi connectivity index (χ2n) is 4.42. The standard InChI is InChI=1S/C13H13ClN2O2/c1-2-18-13(17)12-11(8-3-4-8)15-10-6-5-9(14)7-16(10)12/h5-8H,2-4H2,1H3. The van der Waals surface area contributed by atoms with Crippen LogP contribution in [0.1, 0.15) is 41.9 Å². The highest BCUT2D eigenvalue weighted by molar-refractivity contribution is 6.30. The summed E-state index contributed by atoms with van der Waals surface area (Å²) < 4.78 is 6.84. The molecular weight excluding hydrogens is 252 g/mol. The third-order valence-electron chi connectivity index (χ3n) is 3.04. The van der Waals surface area contributed by atoms with Gasteiger partial charge in [-0.2, -0.15) is 0 Å². The highest BCUT2D eigenvalue weighted by atomic mass is 35.5. The summed E-state index contributed by atoms with van der Waals surface area (Å²) in [4.78, 5) is 16.6. The fourth-order valence-corrected chi connectivity index (χ4v) is 2.24. The van der Waals surface area contributed by atoms with Crippen LogP contribution in [0.25, 0.3) is 5.65 Å². The molecule has 2 aromatic rings. The van der Waals surface area contributed by atoms with E-state index in [-0.39, 0.29) is 5.97 Å². The van der Waals surface area contributed by atoms with Crippen LogP contribution < -0.4 is 0 Å². The molecule has 0 atom stereocenters. The zero-order chi connectivity index (χ0) is 12.7. The van der Waals surface area contributed by atoms with Crippen molar-refractivity contribution >= 4 is 23.2 Å². The lowest BCUT2D eigenvalue weighted by molar-refractivity contribution is 0.0517. The van der Waals surface area contributed by atoms with Crippen molar-refractivity contribution in [1.82, 2.24) is 9.38 Å². The first-order valence-electron chi connectivity index (χ1n) is 6.05. The predicted molar refractivity (Wildman–Crippen MR) is 68.1 cm³/mol. The van der Waals surface area contributed by atoms with E-state index in [1.807, 2.05) is 6.07 Å². The van der Waals surface area contributed by atoms with Gasteiger partial charge in [0.2, 0.25) is 0 Å². The number of hydrogen-bond acceptors (Lipinski definition) is 3. The fraction of sp³-hybridized carbons (Fsp3) is 0.385. The summed E-state index contributed by atoms with van der Waals surface area (Å²) in [5.41, 5.74) is 2.11. The Bertz CT molecular complexity index is 617. The first-order chi connectivity index (χ1) is 8.70. The lowest BCUT2D eigenvalue weighted by atomic mass is 10.2. The molecule has 2 heterocycles. The van der Waals surface area contributed by atoms with Crippen molar-refractivity contribution < 1.29 is 9.53 Å². The van der Waals surface area contributed by atoms with Crippen molar-refractivity contribution in [3.05, 3.63) is 34.7 Å². The summed E-state index contributed by atoms with van der Waals surface area (Å²) in [5.74, 6) is 0.0669. The molecule has 94 valence electrons. The lowest BCUT2D eigenvalue weighted by Crippen LogP contribution is -2.10. The minimum Gasteiger partial charge on any atom is -0.461 e. The van der Waals surface area contributed by atoms with Gasteiger partial charge >= 0.3 is 5.97 Å². The number of nitrogens with zero attached hydrogens (tertiary/aromatic N) is 2. The Labute approximate surface area is 110 Å². The number of imidazole rings is 1. The van der Waals surface area contributed by atoms with Gasteiger partial charge in [0, 0.05) is 12.1 Å². The van der Waals surface area contributed by atoms with E-state index >= 15 is 0 Å². The number of ether oxygens (including phenoxy) is 1. The zero-order valence-corrected chi connectivity index (χ0v) is 10.8. The molecule has 3 rings (SSSR count). The third kappa shape index (κ3) is 1.86. The van der Waals surface area contributed by atoms with Crippen LogP contribution in [0.4, 0.5) is 0 Å². The van der Waals surface area contributed by atoms with Crippen LogP contribution in [-0.4, -0.2) is 22.0 Å². The van der Waals surface area contributed by atoms with Gasteiger partial charge in [-0.25, -0.2) is 9.78 Å². The maximum Gasteiger partial charge on any atom is 0.357 e. The molecule has 0 bridgehead atoms. The van der Waals surface area contributed by atoms with Gasteiger partial charge in [0.05, 0.1) is 17.3 Å². The molecule has 4 nitrogen and oxygen atoms in total. The SMILES string of the molecule is CCOC(=O)c1c(C2CC2)nc2ccc(Cl)cn12. The summed E-state index contributed by atoms with van der Waals surface area (Å²) in [6.07, 6.45) is 3.88. The molecule has 0 spiro atoms. The van der Waals surface area contributed by atoms with Gasteiger partial charge in [-0.1, -0.05) is 11.6 Å². The minimum absolute atomic E-state index is 0.325. The van der Waals surface area contributed by atoms with Crippen LogP contribution in [0, 0.1) is 0 Å². The van der Waals surface area contributed by atoms with Gasteiger partial charge in [0.1, 0.15) is 5.65 Å². The Morgan fingerprint density at radius 2 is 2.33 bits per heavy atom. The molecule has 1 aliphatic carbocycles. The van der Waals surface area contributed by atoms with E-state index in [0.29, 0.717) is 23.2 Å². The van der Waals surface area contributed by atoms with Crippen LogP contribution in [0.15, 0.2) is 18.3 Å². The third-order valence-corrected chi connectivity index (χ3v) is 3.27. The molecule has 1 saturated carbocycles. The predicted octanol–water partition coefficient (Wildman–Crippen LogP) is 3.04. The number of hydrogen-bond donors (Lipinski definition) is 0. The first-order valence-corrected chi connectivity index (χ1v) is 6.43. The van der Waals surface area contributed by atoms with E-state index in [2.05, 4.69) is 4.98 Å². The van der Waals surface area contributed by atoms with Gasteiger partial charge in [-0.15, -0.1) is 0 Å². The molecule has 0 amide bonds. The van der Waals surface area contributed by atoms with E-state index in [9.17, 15) is 4.79 Å². The molecule has 1 fully saturated rings. The average molecular weight is 265 g/mol. The van der Waals surface area contributed by atoms with E-state index < -0.39 is 0 Å². The molecule has 0 saturated heterocycles. The lowest BCUT2D eigenvalue weighted by Gasteiger charge is -2.04. The van der Waals surface area contributed by atoms with Gasteiger partial charge in [-0.3, -0.25) is 4.40 Å². The summed E-state index contributed by atoms with van der Waals surface area (Å²) >= 11 is 5.98. The van der Waals surface area contributed by atoms with E-state index in [1.54, 1.807) is 23.6 Å². The van der Waals surface area contributed by atoms with Crippen molar-refractivity contribution in [3.8, 4) is 0 Å². The summed E-state index contributed by atoms with van der Waals surface area (Å²) in [6.45, 7) is 2.15. The summed E-state index contributed by atoms with van der Waals surface area (Å²) in [5, 5.41) is 0.577. The Morgan fingerprint density at radius 3 is 3.00 bits per heavy atom. The Hall–Kier alpha value is -1.55. The number of carbonyl (C=O) groups is 1. The van der Waals surface area contributed by atoms with E-state index in [1.165, 1.54) is 0 Å². The van der Waals surface area contributed by atoms with Crippen LogP contribution >= 0.6 is 11.6 Å². The second kappa shape index (κ2) is 4.28. The van der Waals surface area contributed by atoms with Crippen molar-refractivity contribution in [2.24, 2.45) is 0 Å². The molecule has 1 aliphatic rings. The number of esters is 1. The number of fused-ring (bicyclic) bond motifs is 1. The molecular formula is C13H13ClN2O2. The molecule has 0 unspecified atom stereocenters. The molecule has 0 N–H and O–H groups in total. The van der Waals surface area contributed by atoms with Crippen LogP contribution in [0.5, 0.6) is 0 Å². The normalized spacial score (nSPS) is 15.0. The highest BCUT2D eigenvalue weighted by Gasteiger charge is 2.33. The Balaban J connectivity index is 2.19. The zero-order valence-electron chi connectivity index (χ0n) is 10.0. The number of aromatic nitrogens is 2. The average Bonchev–Trinajstić information content (AvgIpc) is 3.11. The van der Waals surface area contributed by atoms with Crippen molar-refractivity contribution in [2.75, 3.05) is 6.61 Å². The summed E-state index contributed by atoms with van der Waals surface area (Å²) in [6, 6.07) is 3.59. The summed E-state index contributed by atoms with van der Waals surface area (Å²) in [7, 11) is 0. The topological polar surface area (TPSA) is 43.6 Å². The maximum atomic E-state index is 12.1. The van der Waals surface area contributed by atoms with Crippen molar-refractivity contribution in [3.63, 3.8) is 0 Å². The molecule has 2 aromatic heterocycles. The maximum absolute atomic E-state index is 12.1. The van der Waals surface area contributed by atoms with Gasteiger partial charge in [0.15, 0.2) is 5.69 Å². The molecule has 18 heavy (non-hydrogen) atoms. The van der Waals surface area contributed by atoms with Crippen molar-refractivity contribution in [1.29, 1.82) is 0 Å². The van der Waals surface area contributed by atoms with Crippen LogP contribution in [0.2, 0.25) is 5.02 Å². The monoisotopic (exact) mass is 264 g/mol. The molecule has 0 radical (unpaired) electrons. The van der Waals surface area contributed by atoms with Crippen molar-refractivity contribution in [2.45, 2.75) is 25.7 Å². The molecule has 0 aliphatic heterocycles. The number of carbonyl (C=O) groups excluding carboxylic acids is 1. The minimum atomic E-state index is -0.325. The van der Waals surface area contributed by atoms with Gasteiger partial charge in [0.25, 0.3) is 0 Å². The number of rotatable bonds is 3. The Morgan fingerprint density at radius 1 is 1.56 bits per heavy atom. The number of pyridine rings is 1. The largest absolute Gasteiger partial charge is 0.461 e. The number of halogens is 1. The van der Waals surface area contributed by atoms with Gasteiger partial charge < -0.3 is 4.74 Å². The molecule has 0 aromatic carbocycles. The fourth-order valence-electron chi connectivity index (χ4n) is 2.08. The van der Waals surface area contributed by atoms with E-state index in [4.69, 9.17) is 16.3 Å². The van der Waals surface area contributed by atoms with Gasteiger partial charge in [-0.05, 0) is 31.9 Å². The van der Waals surface area contributed by atoms with Crippen LogP contribution in [0.3, 0.4) is 0 Å².